The third-order valence-corrected chi connectivity index (χ3v) is 2.16. The van der Waals surface area contributed by atoms with Gasteiger partial charge in [-0.25, -0.2) is 9.59 Å². The van der Waals surface area contributed by atoms with Gasteiger partial charge < -0.3 is 35.0 Å². The summed E-state index contributed by atoms with van der Waals surface area (Å²) in [6, 6.07) is 0. The fourth-order valence-electron chi connectivity index (χ4n) is 1.27. The van der Waals surface area contributed by atoms with Crippen LogP contribution < -0.4 is 0 Å². The Morgan fingerprint density at radius 1 is 1.06 bits per heavy atom. The zero-order valence-corrected chi connectivity index (χ0v) is 8.46. The minimum Gasteiger partial charge on any atom is -0.479 e. The molecule has 1 fully saturated rings. The Hall–Kier alpha value is -1.26. The number of aliphatic hydroxyl groups is 4. The van der Waals surface area contributed by atoms with Gasteiger partial charge in [0.05, 0.1) is 0 Å². The molecule has 0 radical (unpaired) electrons. The Morgan fingerprint density at radius 2 is 1.65 bits per heavy atom. The zero-order valence-electron chi connectivity index (χ0n) is 8.46. The molecule has 0 aliphatic carbocycles. The van der Waals surface area contributed by atoms with Crippen molar-refractivity contribution in [3.05, 3.63) is 0 Å². The van der Waals surface area contributed by atoms with Crippen LogP contribution in [0.5, 0.6) is 0 Å². The van der Waals surface area contributed by atoms with E-state index in [4.69, 9.17) is 15.3 Å². The quantitative estimate of drug-likeness (QED) is 0.320. The number of aliphatic carboxylic acids is 1. The largest absolute Gasteiger partial charge is 0.479 e. The van der Waals surface area contributed by atoms with Crippen molar-refractivity contribution in [2.45, 2.75) is 30.7 Å². The number of esters is 1. The second-order valence-corrected chi connectivity index (χ2v) is 3.42. The number of rotatable bonds is 3. The van der Waals surface area contributed by atoms with Crippen LogP contribution in [-0.2, 0) is 19.1 Å². The molecule has 9 nitrogen and oxygen atoms in total. The van der Waals surface area contributed by atoms with E-state index in [1.165, 1.54) is 0 Å². The monoisotopic (exact) mass is 252 g/mol. The van der Waals surface area contributed by atoms with E-state index in [-0.39, 0.29) is 0 Å². The van der Waals surface area contributed by atoms with Gasteiger partial charge in [-0.1, -0.05) is 0 Å². The Labute approximate surface area is 94.8 Å². The number of carbonyl (C=O) groups excluding carboxylic acids is 1. The van der Waals surface area contributed by atoms with Gasteiger partial charge >= 0.3 is 11.9 Å². The van der Waals surface area contributed by atoms with Gasteiger partial charge in [0.15, 0.2) is 19.0 Å². The first-order valence-electron chi connectivity index (χ1n) is 4.60. The highest BCUT2D eigenvalue weighted by Crippen LogP contribution is 2.20. The number of hydrogen-bond acceptors (Lipinski definition) is 8. The number of hydrogen-bond donors (Lipinski definition) is 5. The first-order valence-corrected chi connectivity index (χ1v) is 4.60. The molecule has 1 heterocycles. The molecule has 0 unspecified atom stereocenters. The van der Waals surface area contributed by atoms with Gasteiger partial charge in [-0.05, 0) is 0 Å². The maximum Gasteiger partial charge on any atom is 0.341 e. The number of aliphatic hydroxyl groups excluding tert-OH is 4. The lowest BCUT2D eigenvalue weighted by Gasteiger charge is -2.36. The number of carboxylic acids is 1. The first-order chi connectivity index (χ1) is 7.84. The molecule has 0 aromatic heterocycles. The standard InChI is InChI=1S/C8H12O9/c9-2(10)1-16-8(15)6-4(12)3(11)5(13)7(14)17-6/h3-7,11-14H,1H2,(H,9,10)/t3-,4-,5+,6-,7+/m0/s1. The van der Waals surface area contributed by atoms with E-state index < -0.39 is 49.3 Å². The molecule has 0 bridgehead atoms. The number of carboxylic acid groups (broad SMARTS) is 1. The minimum atomic E-state index is -1.88. The van der Waals surface area contributed by atoms with Crippen molar-refractivity contribution in [1.29, 1.82) is 0 Å². The third kappa shape index (κ3) is 3.11. The molecule has 1 aliphatic heterocycles. The molecule has 98 valence electrons. The van der Waals surface area contributed by atoms with Gasteiger partial charge in [0, 0.05) is 0 Å². The zero-order chi connectivity index (χ0) is 13.2. The summed E-state index contributed by atoms with van der Waals surface area (Å²) in [5.41, 5.74) is 0. The molecule has 1 rings (SSSR count). The van der Waals surface area contributed by atoms with E-state index in [9.17, 15) is 19.8 Å². The Bertz CT molecular complexity index is 303. The molecule has 9 heteroatoms. The normalized spacial score (nSPS) is 37.5. The predicted octanol–water partition coefficient (Wildman–Crippen LogP) is -3.59. The topological polar surface area (TPSA) is 154 Å². The maximum atomic E-state index is 11.2. The van der Waals surface area contributed by atoms with E-state index in [1.807, 2.05) is 0 Å². The second-order valence-electron chi connectivity index (χ2n) is 3.42. The fourth-order valence-corrected chi connectivity index (χ4v) is 1.27. The SMILES string of the molecule is O=C(O)COC(=O)[C@H]1O[C@@H](O)[C@H](O)[C@@H](O)[C@@H]1O. The molecule has 0 saturated carbocycles. The lowest BCUT2D eigenvalue weighted by molar-refractivity contribution is -0.281. The summed E-state index contributed by atoms with van der Waals surface area (Å²) in [7, 11) is 0. The van der Waals surface area contributed by atoms with Crippen molar-refractivity contribution >= 4 is 11.9 Å². The average Bonchev–Trinajstić information content (AvgIpc) is 2.28. The third-order valence-electron chi connectivity index (χ3n) is 2.16. The number of ether oxygens (including phenoxy) is 2. The summed E-state index contributed by atoms with van der Waals surface area (Å²) in [5.74, 6) is -2.67. The highest BCUT2D eigenvalue weighted by Gasteiger charge is 2.47. The molecule has 1 aliphatic rings. The van der Waals surface area contributed by atoms with Gasteiger partial charge in [0.1, 0.15) is 18.3 Å². The van der Waals surface area contributed by atoms with Crippen molar-refractivity contribution in [2.24, 2.45) is 0 Å². The summed E-state index contributed by atoms with van der Waals surface area (Å²) in [4.78, 5) is 21.4. The van der Waals surface area contributed by atoms with Gasteiger partial charge in [-0.2, -0.15) is 0 Å². The van der Waals surface area contributed by atoms with Crippen molar-refractivity contribution in [1.82, 2.24) is 0 Å². The van der Waals surface area contributed by atoms with Crippen molar-refractivity contribution in [3.8, 4) is 0 Å². The molecule has 5 atom stereocenters. The predicted molar refractivity (Wildman–Crippen MR) is 47.5 cm³/mol. The first kappa shape index (κ1) is 13.8. The Balaban J connectivity index is 2.63. The van der Waals surface area contributed by atoms with Crippen LogP contribution in [0.2, 0.25) is 0 Å². The smallest absolute Gasteiger partial charge is 0.341 e. The van der Waals surface area contributed by atoms with Crippen LogP contribution in [0.3, 0.4) is 0 Å². The second kappa shape index (κ2) is 5.38. The summed E-state index contributed by atoms with van der Waals surface area (Å²) in [5, 5.41) is 45.1. The summed E-state index contributed by atoms with van der Waals surface area (Å²) < 4.78 is 8.72. The summed E-state index contributed by atoms with van der Waals surface area (Å²) in [6.45, 7) is -0.944. The number of carbonyl (C=O) groups is 2. The minimum absolute atomic E-state index is 0.944. The summed E-state index contributed by atoms with van der Waals surface area (Å²) in [6.07, 6.45) is -9.04. The molecular formula is C8H12O9. The Morgan fingerprint density at radius 3 is 2.18 bits per heavy atom. The molecule has 5 N–H and O–H groups in total. The highest BCUT2D eigenvalue weighted by molar-refractivity contribution is 5.79. The van der Waals surface area contributed by atoms with Crippen molar-refractivity contribution in [2.75, 3.05) is 6.61 Å². The lowest BCUT2D eigenvalue weighted by Crippen LogP contribution is -2.60. The fraction of sp³-hybridized carbons (Fsp3) is 0.750. The molecular weight excluding hydrogens is 240 g/mol. The van der Waals surface area contributed by atoms with Gasteiger partial charge in [-0.15, -0.1) is 0 Å². The molecule has 0 aromatic carbocycles. The van der Waals surface area contributed by atoms with Crippen LogP contribution in [0.1, 0.15) is 0 Å². The lowest BCUT2D eigenvalue weighted by atomic mass is 9.99. The van der Waals surface area contributed by atoms with Gasteiger partial charge in [0.25, 0.3) is 0 Å². The molecule has 0 aromatic rings. The van der Waals surface area contributed by atoms with E-state index in [1.54, 1.807) is 0 Å². The maximum absolute atomic E-state index is 11.2. The Kier molecular flexibility index (Phi) is 4.37. The van der Waals surface area contributed by atoms with Gasteiger partial charge in [-0.3, -0.25) is 0 Å². The summed E-state index contributed by atoms with van der Waals surface area (Å²) >= 11 is 0. The van der Waals surface area contributed by atoms with Crippen LogP contribution in [0.15, 0.2) is 0 Å². The molecule has 1 saturated heterocycles. The van der Waals surface area contributed by atoms with Crippen LogP contribution in [0, 0.1) is 0 Å². The highest BCUT2D eigenvalue weighted by atomic mass is 16.7. The van der Waals surface area contributed by atoms with E-state index in [0.717, 1.165) is 0 Å². The van der Waals surface area contributed by atoms with E-state index in [2.05, 4.69) is 9.47 Å². The molecule has 17 heavy (non-hydrogen) atoms. The van der Waals surface area contributed by atoms with Crippen LogP contribution >= 0.6 is 0 Å². The van der Waals surface area contributed by atoms with Crippen LogP contribution in [-0.4, -0.2) is 74.8 Å². The van der Waals surface area contributed by atoms with Crippen LogP contribution in [0.4, 0.5) is 0 Å². The van der Waals surface area contributed by atoms with Crippen molar-refractivity contribution < 1.29 is 44.6 Å². The van der Waals surface area contributed by atoms with Crippen molar-refractivity contribution in [3.63, 3.8) is 0 Å². The molecule has 0 amide bonds. The van der Waals surface area contributed by atoms with Crippen LogP contribution in [0.25, 0.3) is 0 Å². The van der Waals surface area contributed by atoms with E-state index in [0.29, 0.717) is 0 Å². The van der Waals surface area contributed by atoms with Gasteiger partial charge in [0.2, 0.25) is 0 Å². The molecule has 0 spiro atoms. The average molecular weight is 252 g/mol. The van der Waals surface area contributed by atoms with E-state index >= 15 is 0 Å².